The monoisotopic (exact) mass is 648 g/mol. The summed E-state index contributed by atoms with van der Waals surface area (Å²) in [6, 6.07) is 18.0. The molecule has 2 N–H and O–H groups in total. The maximum atomic E-state index is 13.0. The number of H-pyrrole nitrogens is 1. The molecule has 2 aliphatic rings. The molecule has 0 atom stereocenters. The van der Waals surface area contributed by atoms with Gasteiger partial charge in [-0.15, -0.1) is 0 Å². The smallest absolute Gasteiger partial charge is 0.204 e. The van der Waals surface area contributed by atoms with E-state index in [-0.39, 0.29) is 10.6 Å². The molecule has 2 aromatic carbocycles. The lowest BCUT2D eigenvalue weighted by Crippen LogP contribution is -2.48. The van der Waals surface area contributed by atoms with E-state index in [1.54, 1.807) is 31.4 Å². The Kier molecular flexibility index (Phi) is 9.88. The van der Waals surface area contributed by atoms with Crippen molar-refractivity contribution in [2.75, 3.05) is 69.7 Å². The van der Waals surface area contributed by atoms with Crippen LogP contribution in [0.2, 0.25) is 0 Å². The zero-order valence-corrected chi connectivity index (χ0v) is 27.4. The van der Waals surface area contributed by atoms with Crippen molar-refractivity contribution in [2.45, 2.75) is 40.5 Å². The van der Waals surface area contributed by atoms with Gasteiger partial charge in [0.1, 0.15) is 0 Å². The molecule has 0 spiro atoms. The van der Waals surface area contributed by atoms with Gasteiger partial charge in [-0.3, -0.25) is 10.00 Å². The molecule has 2 fully saturated rings. The molecule has 4 aromatic rings. The summed E-state index contributed by atoms with van der Waals surface area (Å²) in [7, 11) is -1.84. The van der Waals surface area contributed by atoms with Crippen LogP contribution in [0.4, 0.5) is 17.5 Å². The van der Waals surface area contributed by atoms with Crippen LogP contribution in [0, 0.1) is 6.92 Å². The first kappa shape index (κ1) is 31.3. The number of aryl methyl sites for hydroxylation is 1. The van der Waals surface area contributed by atoms with Crippen molar-refractivity contribution in [2.24, 2.45) is 0 Å². The van der Waals surface area contributed by atoms with Crippen molar-refractivity contribution in [3.8, 4) is 5.75 Å². The average molecular weight is 649 g/mol. The van der Waals surface area contributed by atoms with Crippen LogP contribution in [0.25, 0.3) is 0 Å². The van der Waals surface area contributed by atoms with Crippen molar-refractivity contribution >= 4 is 39.1 Å². The molecule has 6 rings (SSSR count). The molecular formula is C32H40N8O3S2. The van der Waals surface area contributed by atoms with Gasteiger partial charge in [0.25, 0.3) is 0 Å². The molecule has 11 nitrogen and oxygen atoms in total. The number of likely N-dealkylation sites (tertiary alicyclic amines) is 1. The number of hydrogen-bond donors (Lipinski definition) is 2. The van der Waals surface area contributed by atoms with Crippen LogP contribution in [0.1, 0.15) is 24.1 Å². The number of methoxy groups -OCH3 is 1. The van der Waals surface area contributed by atoms with E-state index in [0.717, 1.165) is 61.2 Å². The zero-order valence-electron chi connectivity index (χ0n) is 25.8. The highest BCUT2D eigenvalue weighted by molar-refractivity contribution is 7.99. The third kappa shape index (κ3) is 7.96. The van der Waals surface area contributed by atoms with E-state index in [9.17, 15) is 8.42 Å². The second-order valence-corrected chi connectivity index (χ2v) is 14.5. The third-order valence-corrected chi connectivity index (χ3v) is 10.8. The molecule has 2 saturated heterocycles. The Balaban J connectivity index is 1.21. The number of sulfone groups is 1. The minimum atomic E-state index is -3.48. The zero-order chi connectivity index (χ0) is 31.2. The van der Waals surface area contributed by atoms with Crippen molar-refractivity contribution in [3.63, 3.8) is 0 Å². The highest BCUT2D eigenvalue weighted by Crippen LogP contribution is 2.38. The summed E-state index contributed by atoms with van der Waals surface area (Å²) >= 11 is 1.38. The molecule has 238 valence electrons. The molecule has 0 amide bonds. The van der Waals surface area contributed by atoms with Crippen LogP contribution in [0.3, 0.4) is 0 Å². The molecule has 45 heavy (non-hydrogen) atoms. The number of nitrogens with one attached hydrogen (secondary N) is 2. The predicted octanol–water partition coefficient (Wildman–Crippen LogP) is 4.60. The predicted molar refractivity (Wildman–Crippen MR) is 177 cm³/mol. The first-order valence-electron chi connectivity index (χ1n) is 15.4. The lowest BCUT2D eigenvalue weighted by atomic mass is 10.2. The highest BCUT2D eigenvalue weighted by atomic mass is 32.2. The average Bonchev–Trinajstić information content (AvgIpc) is 3.72. The largest absolute Gasteiger partial charge is 0.490 e. The fraction of sp³-hybridized carbons (Fsp3) is 0.406. The Hall–Kier alpha value is -3.65. The number of hydrogen-bond acceptors (Lipinski definition) is 11. The van der Waals surface area contributed by atoms with Gasteiger partial charge in [0.15, 0.2) is 32.4 Å². The minimum absolute atomic E-state index is 0.0432. The summed E-state index contributed by atoms with van der Waals surface area (Å²) in [5.41, 5.74) is 1.68. The molecule has 2 aliphatic heterocycles. The SMILES string of the molecule is COc1c(Nc2cc(C)[nH]n2)nc(Sc2ccc(S(=O)(=O)Cc3ccccc3)cc2)nc1N1CCN(CCN2CCCC2)CC1. The van der Waals surface area contributed by atoms with E-state index < -0.39 is 9.84 Å². The van der Waals surface area contributed by atoms with Crippen LogP contribution in [0.15, 0.2) is 75.6 Å². The van der Waals surface area contributed by atoms with Gasteiger partial charge in [0.05, 0.1) is 17.8 Å². The molecule has 2 aromatic heterocycles. The molecule has 13 heteroatoms. The Bertz CT molecular complexity index is 1670. The van der Waals surface area contributed by atoms with Crippen LogP contribution >= 0.6 is 11.8 Å². The number of anilines is 3. The molecular weight excluding hydrogens is 609 g/mol. The number of aromatic nitrogens is 4. The first-order valence-corrected chi connectivity index (χ1v) is 17.8. The van der Waals surface area contributed by atoms with Gasteiger partial charge in [0, 0.05) is 55.9 Å². The number of benzene rings is 2. The number of rotatable bonds is 12. The maximum Gasteiger partial charge on any atom is 0.204 e. The molecule has 0 radical (unpaired) electrons. The Morgan fingerprint density at radius 1 is 0.911 bits per heavy atom. The number of ether oxygens (including phenoxy) is 1. The maximum absolute atomic E-state index is 13.0. The number of piperazine rings is 1. The lowest BCUT2D eigenvalue weighted by molar-refractivity contribution is 0.215. The second-order valence-electron chi connectivity index (χ2n) is 11.5. The van der Waals surface area contributed by atoms with Crippen molar-refractivity contribution in [3.05, 3.63) is 71.9 Å². The summed E-state index contributed by atoms with van der Waals surface area (Å²) in [6.45, 7) is 10.1. The van der Waals surface area contributed by atoms with Crippen LogP contribution in [0.5, 0.6) is 5.75 Å². The normalized spacial score (nSPS) is 16.3. The van der Waals surface area contributed by atoms with E-state index in [2.05, 4.69) is 30.2 Å². The van der Waals surface area contributed by atoms with Crippen LogP contribution in [-0.4, -0.2) is 97.9 Å². The van der Waals surface area contributed by atoms with Crippen LogP contribution in [-0.2, 0) is 15.6 Å². The second kappa shape index (κ2) is 14.2. The number of aromatic amines is 1. The molecule has 4 heterocycles. The molecule has 0 unspecified atom stereocenters. The van der Waals surface area contributed by atoms with Gasteiger partial charge in [-0.05, 0) is 74.4 Å². The van der Waals surface area contributed by atoms with Gasteiger partial charge in [0.2, 0.25) is 5.75 Å². The van der Waals surface area contributed by atoms with Gasteiger partial charge < -0.3 is 19.9 Å². The summed E-state index contributed by atoms with van der Waals surface area (Å²) in [5, 5.41) is 11.1. The van der Waals surface area contributed by atoms with E-state index in [0.29, 0.717) is 22.5 Å². The van der Waals surface area contributed by atoms with Gasteiger partial charge in [-0.2, -0.15) is 5.10 Å². The van der Waals surface area contributed by atoms with E-state index in [1.165, 1.54) is 37.7 Å². The number of nitrogens with zero attached hydrogens (tertiary/aromatic N) is 6. The summed E-state index contributed by atoms with van der Waals surface area (Å²) in [5.74, 6) is 2.40. The first-order chi connectivity index (χ1) is 21.9. The van der Waals surface area contributed by atoms with E-state index >= 15 is 0 Å². The summed E-state index contributed by atoms with van der Waals surface area (Å²) in [4.78, 5) is 18.2. The van der Waals surface area contributed by atoms with E-state index in [1.807, 2.05) is 43.3 Å². The van der Waals surface area contributed by atoms with Gasteiger partial charge >= 0.3 is 0 Å². The quantitative estimate of drug-likeness (QED) is 0.210. The fourth-order valence-corrected chi connectivity index (χ4v) is 7.83. The molecule has 0 saturated carbocycles. The topological polar surface area (TPSA) is 120 Å². The van der Waals surface area contributed by atoms with Gasteiger partial charge in [-0.25, -0.2) is 18.4 Å². The van der Waals surface area contributed by atoms with E-state index in [4.69, 9.17) is 14.7 Å². The van der Waals surface area contributed by atoms with Crippen molar-refractivity contribution in [1.29, 1.82) is 0 Å². The Morgan fingerprint density at radius 2 is 1.60 bits per heavy atom. The standard InChI is InChI=1S/C32H40N8O3S2/c1-24-22-28(37-36-24)33-30-29(43-2)31(40-20-18-39(19-21-40)17-16-38-14-6-7-15-38)35-32(34-30)44-26-10-12-27(13-11-26)45(41,42)23-25-8-4-3-5-9-25/h3-5,8-13,22H,6-7,14-21,23H2,1-2H3,(H2,33,34,35,36,37). The van der Waals surface area contributed by atoms with Gasteiger partial charge in [-0.1, -0.05) is 30.3 Å². The third-order valence-electron chi connectivity index (χ3n) is 8.18. The highest BCUT2D eigenvalue weighted by Gasteiger charge is 2.26. The van der Waals surface area contributed by atoms with Crippen molar-refractivity contribution < 1.29 is 13.2 Å². The summed E-state index contributed by atoms with van der Waals surface area (Å²) in [6.07, 6.45) is 2.63. The van der Waals surface area contributed by atoms with Crippen LogP contribution < -0.4 is 15.0 Å². The van der Waals surface area contributed by atoms with Crippen molar-refractivity contribution in [1.82, 2.24) is 30.0 Å². The fourth-order valence-electron chi connectivity index (χ4n) is 5.72. The Labute approximate surface area is 269 Å². The lowest BCUT2D eigenvalue weighted by Gasteiger charge is -2.36. The minimum Gasteiger partial charge on any atom is -0.490 e. The molecule has 0 bridgehead atoms. The Morgan fingerprint density at radius 3 is 2.24 bits per heavy atom. The molecule has 0 aliphatic carbocycles. The summed E-state index contributed by atoms with van der Waals surface area (Å²) < 4.78 is 32.0.